The molecule has 0 bridgehead atoms. The Kier molecular flexibility index (Phi) is 7.23. The first kappa shape index (κ1) is 22.4. The molecule has 0 radical (unpaired) electrons. The maximum atomic E-state index is 12.6. The average Bonchev–Trinajstić information content (AvgIpc) is 2.73. The first-order valence-electron chi connectivity index (χ1n) is 9.95. The monoisotopic (exact) mass is 440 g/mol. The Morgan fingerprint density at radius 3 is 2.40 bits per heavy atom. The molecule has 1 heterocycles. The largest absolute Gasteiger partial charge is 0.477 e. The fraction of sp³-hybridized carbons (Fsp3) is 0.455. The van der Waals surface area contributed by atoms with Crippen LogP contribution in [0, 0.1) is 17.8 Å². The zero-order valence-corrected chi connectivity index (χ0v) is 17.3. The quantitative estimate of drug-likeness (QED) is 0.580. The number of aromatic nitrogens is 1. The number of halogens is 4. The molecule has 0 aliphatic heterocycles. The zero-order chi connectivity index (χ0) is 21.7. The number of rotatable bonds is 6. The molecular formula is C22H24ClF3N2O2. The molecule has 1 saturated carbocycles. The Morgan fingerprint density at radius 1 is 1.17 bits per heavy atom. The number of ether oxygens (including phenoxy) is 1. The van der Waals surface area contributed by atoms with Crippen molar-refractivity contribution in [3.8, 4) is 5.88 Å². The van der Waals surface area contributed by atoms with Crippen LogP contribution in [0.25, 0.3) is 0 Å². The summed E-state index contributed by atoms with van der Waals surface area (Å²) < 4.78 is 43.3. The van der Waals surface area contributed by atoms with Crippen LogP contribution in [0.2, 0.25) is 5.02 Å². The van der Waals surface area contributed by atoms with Gasteiger partial charge < -0.3 is 10.1 Å². The molecule has 162 valence electrons. The maximum absolute atomic E-state index is 12.6. The van der Waals surface area contributed by atoms with Crippen molar-refractivity contribution in [1.82, 2.24) is 4.98 Å². The highest BCUT2D eigenvalue weighted by atomic mass is 35.5. The third-order valence-electron chi connectivity index (χ3n) is 5.65. The number of benzene rings is 1. The van der Waals surface area contributed by atoms with Gasteiger partial charge in [0.1, 0.15) is 0 Å². The van der Waals surface area contributed by atoms with Crippen molar-refractivity contribution < 1.29 is 22.7 Å². The second-order valence-electron chi connectivity index (χ2n) is 7.76. The van der Waals surface area contributed by atoms with Gasteiger partial charge in [0.2, 0.25) is 11.8 Å². The molecule has 3 rings (SSSR count). The van der Waals surface area contributed by atoms with E-state index in [1.165, 1.54) is 6.07 Å². The highest BCUT2D eigenvalue weighted by molar-refractivity contribution is 6.30. The fourth-order valence-electron chi connectivity index (χ4n) is 3.69. The molecule has 1 amide bonds. The van der Waals surface area contributed by atoms with E-state index in [4.69, 9.17) is 16.3 Å². The van der Waals surface area contributed by atoms with Gasteiger partial charge in [-0.2, -0.15) is 13.2 Å². The van der Waals surface area contributed by atoms with Crippen LogP contribution in [0.3, 0.4) is 0 Å². The molecule has 8 heteroatoms. The van der Waals surface area contributed by atoms with Crippen LogP contribution in [0.15, 0.2) is 42.6 Å². The smallest absolute Gasteiger partial charge is 0.417 e. The number of hydrogen-bond donors (Lipinski definition) is 1. The molecule has 0 unspecified atom stereocenters. The number of alkyl halides is 3. The van der Waals surface area contributed by atoms with Crippen LogP contribution in [0.5, 0.6) is 5.88 Å². The van der Waals surface area contributed by atoms with Crippen LogP contribution >= 0.6 is 11.6 Å². The summed E-state index contributed by atoms with van der Waals surface area (Å²) in [4.78, 5) is 16.3. The number of nitrogens with zero attached hydrogens (tertiary/aromatic N) is 1. The molecule has 1 N–H and O–H groups in total. The summed E-state index contributed by atoms with van der Waals surface area (Å²) in [6.07, 6.45) is 0.00867. The molecular weight excluding hydrogens is 417 g/mol. The van der Waals surface area contributed by atoms with Gasteiger partial charge in [0.05, 0.1) is 12.2 Å². The van der Waals surface area contributed by atoms with E-state index in [1.54, 1.807) is 24.3 Å². The minimum absolute atomic E-state index is 0.00835. The first-order chi connectivity index (χ1) is 14.2. The first-order valence-corrected chi connectivity index (χ1v) is 10.3. The summed E-state index contributed by atoms with van der Waals surface area (Å²) >= 11 is 5.86. The van der Waals surface area contributed by atoms with E-state index >= 15 is 0 Å². The minimum atomic E-state index is -4.40. The summed E-state index contributed by atoms with van der Waals surface area (Å²) in [5, 5.41) is 3.55. The van der Waals surface area contributed by atoms with E-state index in [0.717, 1.165) is 43.6 Å². The van der Waals surface area contributed by atoms with Gasteiger partial charge in [-0.15, -0.1) is 0 Å². The number of nitrogens with one attached hydrogen (secondary N) is 1. The zero-order valence-electron chi connectivity index (χ0n) is 16.6. The lowest BCUT2D eigenvalue weighted by Gasteiger charge is -2.31. The summed E-state index contributed by atoms with van der Waals surface area (Å²) in [5.41, 5.74) is -0.0661. The van der Waals surface area contributed by atoms with Gasteiger partial charge in [0.15, 0.2) is 0 Å². The molecule has 1 aromatic carbocycles. The van der Waals surface area contributed by atoms with Crippen molar-refractivity contribution in [2.24, 2.45) is 17.8 Å². The second kappa shape index (κ2) is 9.69. The number of hydrogen-bond acceptors (Lipinski definition) is 3. The lowest BCUT2D eigenvalue weighted by molar-refractivity contribution is -0.137. The van der Waals surface area contributed by atoms with E-state index in [-0.39, 0.29) is 23.6 Å². The Labute approximate surface area is 178 Å². The van der Waals surface area contributed by atoms with Crippen molar-refractivity contribution >= 4 is 23.2 Å². The normalized spacial score (nSPS) is 20.4. The Balaban J connectivity index is 1.42. The molecule has 4 nitrogen and oxygen atoms in total. The summed E-state index contributed by atoms with van der Waals surface area (Å²) in [5.74, 6) is 0.667. The number of carbonyl (C=O) groups is 1. The number of anilines is 1. The lowest BCUT2D eigenvalue weighted by Crippen LogP contribution is -2.31. The lowest BCUT2D eigenvalue weighted by atomic mass is 9.76. The van der Waals surface area contributed by atoms with Gasteiger partial charge in [-0.25, -0.2) is 4.98 Å². The van der Waals surface area contributed by atoms with Crippen LogP contribution in [0.4, 0.5) is 18.9 Å². The van der Waals surface area contributed by atoms with Crippen LogP contribution in [-0.4, -0.2) is 17.5 Å². The molecule has 1 atom stereocenters. The highest BCUT2D eigenvalue weighted by Gasteiger charge is 2.31. The van der Waals surface area contributed by atoms with Crippen molar-refractivity contribution in [1.29, 1.82) is 0 Å². The van der Waals surface area contributed by atoms with Gasteiger partial charge in [-0.3, -0.25) is 4.79 Å². The Morgan fingerprint density at radius 2 is 1.83 bits per heavy atom. The highest BCUT2D eigenvalue weighted by Crippen LogP contribution is 2.34. The number of amides is 1. The summed E-state index contributed by atoms with van der Waals surface area (Å²) in [6, 6.07) is 9.24. The van der Waals surface area contributed by atoms with E-state index in [0.29, 0.717) is 17.5 Å². The molecule has 30 heavy (non-hydrogen) atoms. The van der Waals surface area contributed by atoms with E-state index in [9.17, 15) is 18.0 Å². The summed E-state index contributed by atoms with van der Waals surface area (Å²) in [6.45, 7) is 2.36. The summed E-state index contributed by atoms with van der Waals surface area (Å²) in [7, 11) is 0. The molecule has 1 aliphatic rings. The Hall–Kier alpha value is -2.28. The second-order valence-corrected chi connectivity index (χ2v) is 8.20. The van der Waals surface area contributed by atoms with Gasteiger partial charge in [-0.05, 0) is 67.9 Å². The third kappa shape index (κ3) is 6.11. The van der Waals surface area contributed by atoms with Gasteiger partial charge in [-0.1, -0.05) is 18.5 Å². The maximum Gasteiger partial charge on any atom is 0.417 e. The van der Waals surface area contributed by atoms with Crippen molar-refractivity contribution in [3.63, 3.8) is 0 Å². The molecule has 1 fully saturated rings. The van der Waals surface area contributed by atoms with Crippen molar-refractivity contribution in [3.05, 3.63) is 53.2 Å². The SMILES string of the molecule is C[C@@H](C(=O)Nc1ccc(Cl)cc1)[C@H]1CC[C@H](COc2ccc(C(F)(F)F)cn2)CC1. The predicted molar refractivity (Wildman–Crippen MR) is 109 cm³/mol. The average molecular weight is 441 g/mol. The standard InChI is InChI=1S/C22H24ClF3N2O2/c1-14(21(29)28-19-9-7-18(23)8-10-19)16-4-2-15(3-5-16)13-30-20-11-6-17(12-27-20)22(24,25)26/h6-12,14-16H,2-5,13H2,1H3,(H,28,29)/t14-,15-,16-/m1/s1. The fourth-order valence-corrected chi connectivity index (χ4v) is 3.82. The molecule has 0 spiro atoms. The molecule has 2 aromatic rings. The van der Waals surface area contributed by atoms with Crippen molar-refractivity contribution in [2.45, 2.75) is 38.8 Å². The molecule has 1 aliphatic carbocycles. The van der Waals surface area contributed by atoms with Crippen LogP contribution < -0.4 is 10.1 Å². The van der Waals surface area contributed by atoms with Crippen molar-refractivity contribution in [2.75, 3.05) is 11.9 Å². The van der Waals surface area contributed by atoms with Crippen LogP contribution in [-0.2, 0) is 11.0 Å². The Bertz CT molecular complexity index is 833. The number of carbonyl (C=O) groups excluding carboxylic acids is 1. The number of pyridine rings is 1. The third-order valence-corrected chi connectivity index (χ3v) is 5.91. The predicted octanol–water partition coefficient (Wildman–Crippen LogP) is 6.21. The van der Waals surface area contributed by atoms with Gasteiger partial charge in [0, 0.05) is 28.9 Å². The molecule has 0 saturated heterocycles. The van der Waals surface area contributed by atoms with Crippen LogP contribution in [0.1, 0.15) is 38.2 Å². The van der Waals surface area contributed by atoms with E-state index < -0.39 is 11.7 Å². The topological polar surface area (TPSA) is 51.2 Å². The van der Waals surface area contributed by atoms with E-state index in [2.05, 4.69) is 10.3 Å². The molecule has 1 aromatic heterocycles. The van der Waals surface area contributed by atoms with E-state index in [1.807, 2.05) is 6.92 Å². The minimum Gasteiger partial charge on any atom is -0.477 e. The van der Waals surface area contributed by atoms with Gasteiger partial charge in [0.25, 0.3) is 0 Å². The van der Waals surface area contributed by atoms with Gasteiger partial charge >= 0.3 is 6.18 Å².